The Bertz CT molecular complexity index is 67.9. The molecule has 6 heavy (non-hydrogen) atoms. The van der Waals surface area contributed by atoms with Gasteiger partial charge in [0.1, 0.15) is 0 Å². The zero-order valence-corrected chi connectivity index (χ0v) is 3.81. The van der Waals surface area contributed by atoms with Gasteiger partial charge < -0.3 is 5.32 Å². The minimum atomic E-state index is 0.574. The molecule has 0 aliphatic carbocycles. The van der Waals surface area contributed by atoms with Gasteiger partial charge >= 0.3 is 0 Å². The van der Waals surface area contributed by atoms with Crippen molar-refractivity contribution in [2.24, 2.45) is 4.99 Å². The van der Waals surface area contributed by atoms with E-state index in [0.717, 1.165) is 6.54 Å². The van der Waals surface area contributed by atoms with Gasteiger partial charge in [0.15, 0.2) is 0 Å². The van der Waals surface area contributed by atoms with Crippen molar-refractivity contribution in [3.63, 3.8) is 0 Å². The van der Waals surface area contributed by atoms with Crippen molar-refractivity contribution in [2.45, 2.75) is 6.04 Å². The van der Waals surface area contributed by atoms with Gasteiger partial charge in [-0.2, -0.15) is 0 Å². The lowest BCUT2D eigenvalue weighted by molar-refractivity contribution is 0.676. The highest BCUT2D eigenvalue weighted by Crippen LogP contribution is 1.88. The molecule has 0 radical (unpaired) electrons. The molecule has 1 rings (SSSR count). The fraction of sp³-hybridized carbons (Fsp3) is 0.750. The maximum Gasteiger partial charge on any atom is 0.0616 e. The van der Waals surface area contributed by atoms with E-state index in [1.54, 1.807) is 0 Å². The lowest BCUT2D eigenvalue weighted by atomic mass is 10.2. The number of aliphatic imine (C=N–C) groups is 1. The van der Waals surface area contributed by atoms with Gasteiger partial charge in [-0.25, -0.2) is 0 Å². The molecule has 0 bridgehead atoms. The molecule has 1 unspecified atom stereocenters. The molecule has 1 aliphatic heterocycles. The van der Waals surface area contributed by atoms with Gasteiger partial charge in [0.05, 0.1) is 12.6 Å². The zero-order valence-electron chi connectivity index (χ0n) is 3.81. The largest absolute Gasteiger partial charge is 0.311 e. The number of nitrogens with one attached hydrogen (secondary N) is 1. The van der Waals surface area contributed by atoms with Gasteiger partial charge in [-0.1, -0.05) is 0 Å². The Morgan fingerprint density at radius 1 is 2.00 bits per heavy atom. The third-order valence-electron chi connectivity index (χ3n) is 0.958. The van der Waals surface area contributed by atoms with Gasteiger partial charge in [-0.05, 0) is 7.05 Å². The highest BCUT2D eigenvalue weighted by atomic mass is 15.0. The average Bonchev–Trinajstić information content (AvgIpc) is 1.31. The third-order valence-corrected chi connectivity index (χ3v) is 0.958. The van der Waals surface area contributed by atoms with Gasteiger partial charge in [-0.15, -0.1) is 0 Å². The second-order valence-corrected chi connectivity index (χ2v) is 1.41. The fourth-order valence-electron chi connectivity index (χ4n) is 0.377. The molecule has 0 aromatic carbocycles. The molecule has 0 spiro atoms. The van der Waals surface area contributed by atoms with Crippen LogP contribution in [-0.2, 0) is 0 Å². The number of likely N-dealkylation sites (N-methyl/N-ethyl adjacent to an activating group) is 1. The van der Waals surface area contributed by atoms with Crippen LogP contribution in [0.25, 0.3) is 0 Å². The molecule has 1 N–H and O–H groups in total. The van der Waals surface area contributed by atoms with E-state index >= 15 is 0 Å². The standard InChI is InChI=1S/C4H8N2/c1-5-4-2-6-3-4/h2,4-5H,3H2,1H3. The van der Waals surface area contributed by atoms with Crippen LogP contribution in [0.3, 0.4) is 0 Å². The molecule has 0 aromatic rings. The molecule has 34 valence electrons. The van der Waals surface area contributed by atoms with E-state index in [-0.39, 0.29) is 0 Å². The van der Waals surface area contributed by atoms with Gasteiger partial charge in [0.25, 0.3) is 0 Å². The summed E-state index contributed by atoms with van der Waals surface area (Å²) in [7, 11) is 1.94. The predicted molar refractivity (Wildman–Crippen MR) is 26.2 cm³/mol. The minimum absolute atomic E-state index is 0.574. The van der Waals surface area contributed by atoms with Gasteiger partial charge in [0, 0.05) is 6.21 Å². The van der Waals surface area contributed by atoms with E-state index in [1.807, 2.05) is 13.3 Å². The highest BCUT2D eigenvalue weighted by molar-refractivity contribution is 5.70. The van der Waals surface area contributed by atoms with Crippen molar-refractivity contribution in [1.29, 1.82) is 0 Å². The van der Waals surface area contributed by atoms with Crippen molar-refractivity contribution >= 4 is 6.21 Å². The van der Waals surface area contributed by atoms with Crippen LogP contribution in [0.15, 0.2) is 4.99 Å². The Morgan fingerprint density at radius 3 is 2.67 bits per heavy atom. The summed E-state index contributed by atoms with van der Waals surface area (Å²) in [6.07, 6.45) is 1.92. The maximum absolute atomic E-state index is 3.88. The van der Waals surface area contributed by atoms with Crippen LogP contribution in [0.5, 0.6) is 0 Å². The van der Waals surface area contributed by atoms with E-state index in [9.17, 15) is 0 Å². The quantitative estimate of drug-likeness (QED) is 0.461. The molecule has 0 fully saturated rings. The first kappa shape index (κ1) is 3.81. The van der Waals surface area contributed by atoms with Gasteiger partial charge in [0.2, 0.25) is 0 Å². The predicted octanol–water partition coefficient (Wildman–Crippen LogP) is -0.341. The average molecular weight is 84.1 g/mol. The van der Waals surface area contributed by atoms with Crippen molar-refractivity contribution in [3.8, 4) is 0 Å². The normalized spacial score (nSPS) is 29.8. The summed E-state index contributed by atoms with van der Waals surface area (Å²) in [5, 5.41) is 3.05. The Labute approximate surface area is 37.3 Å². The van der Waals surface area contributed by atoms with Crippen LogP contribution in [-0.4, -0.2) is 25.8 Å². The lowest BCUT2D eigenvalue weighted by Crippen LogP contribution is -2.35. The number of hydrogen-bond donors (Lipinski definition) is 1. The molecule has 1 heterocycles. The Kier molecular flexibility index (Phi) is 0.881. The van der Waals surface area contributed by atoms with Crippen molar-refractivity contribution in [1.82, 2.24) is 5.32 Å². The first-order chi connectivity index (χ1) is 2.93. The Balaban J connectivity index is 2.21. The smallest absolute Gasteiger partial charge is 0.0616 e. The summed E-state index contributed by atoms with van der Waals surface area (Å²) in [6, 6.07) is 0.574. The van der Waals surface area contributed by atoms with Crippen LogP contribution in [0.4, 0.5) is 0 Å². The molecule has 2 heteroatoms. The van der Waals surface area contributed by atoms with Gasteiger partial charge in [-0.3, -0.25) is 4.99 Å². The van der Waals surface area contributed by atoms with Crippen LogP contribution in [0.1, 0.15) is 0 Å². The van der Waals surface area contributed by atoms with Crippen LogP contribution < -0.4 is 5.32 Å². The van der Waals surface area contributed by atoms with Crippen molar-refractivity contribution in [3.05, 3.63) is 0 Å². The van der Waals surface area contributed by atoms with Crippen LogP contribution >= 0.6 is 0 Å². The fourth-order valence-corrected chi connectivity index (χ4v) is 0.377. The summed E-state index contributed by atoms with van der Waals surface area (Å²) < 4.78 is 0. The van der Waals surface area contributed by atoms with Crippen molar-refractivity contribution in [2.75, 3.05) is 13.6 Å². The van der Waals surface area contributed by atoms with E-state index in [2.05, 4.69) is 10.3 Å². The molecule has 1 aliphatic rings. The first-order valence-corrected chi connectivity index (χ1v) is 2.10. The summed E-state index contributed by atoms with van der Waals surface area (Å²) in [5.74, 6) is 0. The SMILES string of the molecule is CNC1C=NC1. The number of hydrogen-bond acceptors (Lipinski definition) is 2. The second-order valence-electron chi connectivity index (χ2n) is 1.41. The van der Waals surface area contributed by atoms with E-state index in [4.69, 9.17) is 0 Å². The monoisotopic (exact) mass is 84.1 g/mol. The van der Waals surface area contributed by atoms with Crippen LogP contribution in [0, 0.1) is 0 Å². The topological polar surface area (TPSA) is 24.4 Å². The highest BCUT2D eigenvalue weighted by Gasteiger charge is 2.05. The Hall–Kier alpha value is -0.370. The number of nitrogens with zero attached hydrogens (tertiary/aromatic N) is 1. The molecule has 0 aromatic heterocycles. The molecule has 0 amide bonds. The molecular weight excluding hydrogens is 76.1 g/mol. The number of rotatable bonds is 1. The molecule has 0 saturated carbocycles. The molecular formula is C4H8N2. The van der Waals surface area contributed by atoms with E-state index in [0.29, 0.717) is 6.04 Å². The van der Waals surface area contributed by atoms with Crippen LogP contribution in [0.2, 0.25) is 0 Å². The van der Waals surface area contributed by atoms with Crippen molar-refractivity contribution < 1.29 is 0 Å². The summed E-state index contributed by atoms with van der Waals surface area (Å²) >= 11 is 0. The summed E-state index contributed by atoms with van der Waals surface area (Å²) in [5.41, 5.74) is 0. The zero-order chi connectivity index (χ0) is 4.41. The second kappa shape index (κ2) is 1.39. The third kappa shape index (κ3) is 0.431. The van der Waals surface area contributed by atoms with E-state index in [1.165, 1.54) is 0 Å². The molecule has 0 saturated heterocycles. The summed E-state index contributed by atoms with van der Waals surface area (Å²) in [4.78, 5) is 3.88. The summed E-state index contributed by atoms with van der Waals surface area (Å²) in [6.45, 7) is 0.969. The molecule has 2 nitrogen and oxygen atoms in total. The molecule has 1 atom stereocenters. The first-order valence-electron chi connectivity index (χ1n) is 2.10. The lowest BCUT2D eigenvalue weighted by Gasteiger charge is -2.13. The Morgan fingerprint density at radius 2 is 2.67 bits per heavy atom. The minimum Gasteiger partial charge on any atom is -0.311 e. The van der Waals surface area contributed by atoms with E-state index < -0.39 is 0 Å². The maximum atomic E-state index is 3.88.